The molecule has 108 valence electrons. The predicted molar refractivity (Wildman–Crippen MR) is 67.2 cm³/mol. The second-order valence-corrected chi connectivity index (χ2v) is 4.12. The zero-order valence-corrected chi connectivity index (χ0v) is 10.6. The summed E-state index contributed by atoms with van der Waals surface area (Å²) in [7, 11) is 0. The molecule has 0 radical (unpaired) electrons. The fourth-order valence-corrected chi connectivity index (χ4v) is 1.45. The van der Waals surface area contributed by atoms with Crippen LogP contribution in [-0.4, -0.2) is 34.2 Å². The Labute approximate surface area is 117 Å². The van der Waals surface area contributed by atoms with Gasteiger partial charge in [0.15, 0.2) is 0 Å². The molecule has 0 aromatic heterocycles. The van der Waals surface area contributed by atoms with E-state index in [1.54, 1.807) is 0 Å². The number of aliphatic carboxylic acids is 2. The van der Waals surface area contributed by atoms with Crippen molar-refractivity contribution < 1.29 is 29.0 Å². The maximum absolute atomic E-state index is 12.9. The van der Waals surface area contributed by atoms with E-state index in [9.17, 15) is 18.8 Å². The van der Waals surface area contributed by atoms with Crippen LogP contribution < -0.4 is 10.6 Å². The first-order chi connectivity index (χ1) is 9.29. The van der Waals surface area contributed by atoms with E-state index in [-0.39, 0.29) is 10.7 Å². The number of nitrogens with one attached hydrogen (secondary N) is 2. The van der Waals surface area contributed by atoms with Crippen LogP contribution in [0, 0.1) is 5.82 Å². The van der Waals surface area contributed by atoms with Crippen molar-refractivity contribution in [1.29, 1.82) is 0 Å². The third-order valence-corrected chi connectivity index (χ3v) is 2.45. The number of halogens is 2. The van der Waals surface area contributed by atoms with Gasteiger partial charge in [0, 0.05) is 5.69 Å². The van der Waals surface area contributed by atoms with Crippen molar-refractivity contribution in [3.8, 4) is 0 Å². The third-order valence-electron chi connectivity index (χ3n) is 2.16. The van der Waals surface area contributed by atoms with Crippen molar-refractivity contribution in [2.45, 2.75) is 12.5 Å². The van der Waals surface area contributed by atoms with Crippen LogP contribution in [0.2, 0.25) is 5.02 Å². The highest BCUT2D eigenvalue weighted by Gasteiger charge is 2.23. The summed E-state index contributed by atoms with van der Waals surface area (Å²) >= 11 is 5.50. The molecule has 0 fully saturated rings. The van der Waals surface area contributed by atoms with Crippen LogP contribution >= 0.6 is 11.6 Å². The summed E-state index contributed by atoms with van der Waals surface area (Å²) in [6.45, 7) is 0. The molecule has 1 rings (SSSR count). The molecule has 9 heteroatoms. The molecule has 2 amide bonds. The Balaban J connectivity index is 2.67. The van der Waals surface area contributed by atoms with Gasteiger partial charge in [0.25, 0.3) is 0 Å². The molecule has 20 heavy (non-hydrogen) atoms. The van der Waals surface area contributed by atoms with E-state index < -0.39 is 36.2 Å². The van der Waals surface area contributed by atoms with Gasteiger partial charge in [-0.3, -0.25) is 4.79 Å². The predicted octanol–water partition coefficient (Wildman–Crippen LogP) is 1.53. The molecule has 0 unspecified atom stereocenters. The molecular formula is C11H10ClFN2O5. The molecule has 0 saturated heterocycles. The van der Waals surface area contributed by atoms with Crippen LogP contribution in [0.25, 0.3) is 0 Å². The number of hydrogen-bond donors (Lipinski definition) is 4. The van der Waals surface area contributed by atoms with E-state index in [1.165, 1.54) is 6.07 Å². The van der Waals surface area contributed by atoms with Gasteiger partial charge in [0.05, 0.1) is 11.4 Å². The minimum absolute atomic E-state index is 0.133. The summed E-state index contributed by atoms with van der Waals surface area (Å²) in [6.07, 6.45) is -0.771. The number of carbonyl (C=O) groups excluding carboxylic acids is 1. The van der Waals surface area contributed by atoms with Gasteiger partial charge in [-0.1, -0.05) is 11.6 Å². The van der Waals surface area contributed by atoms with Gasteiger partial charge in [-0.25, -0.2) is 14.0 Å². The second kappa shape index (κ2) is 6.71. The molecule has 0 aliphatic rings. The Morgan fingerprint density at radius 3 is 2.45 bits per heavy atom. The molecule has 4 N–H and O–H groups in total. The van der Waals surface area contributed by atoms with Crippen molar-refractivity contribution in [1.82, 2.24) is 5.32 Å². The smallest absolute Gasteiger partial charge is 0.326 e. The van der Waals surface area contributed by atoms with E-state index in [0.717, 1.165) is 12.1 Å². The summed E-state index contributed by atoms with van der Waals surface area (Å²) in [5, 5.41) is 21.2. The molecule has 1 aromatic rings. The maximum atomic E-state index is 12.9. The highest BCUT2D eigenvalue weighted by Crippen LogP contribution is 2.19. The largest absolute Gasteiger partial charge is 0.481 e. The first-order valence-corrected chi connectivity index (χ1v) is 5.64. The molecular weight excluding hydrogens is 295 g/mol. The Morgan fingerprint density at radius 1 is 1.30 bits per heavy atom. The second-order valence-electron chi connectivity index (χ2n) is 3.72. The lowest BCUT2D eigenvalue weighted by Crippen LogP contribution is -2.44. The molecule has 7 nitrogen and oxygen atoms in total. The number of carboxylic acid groups (broad SMARTS) is 2. The SMILES string of the molecule is O=C(O)C[C@@H](NC(=O)Nc1ccc(F)c(Cl)c1)C(=O)O. The molecule has 0 aliphatic carbocycles. The minimum Gasteiger partial charge on any atom is -0.481 e. The molecule has 1 atom stereocenters. The average Bonchev–Trinajstić information content (AvgIpc) is 2.32. The summed E-state index contributed by atoms with van der Waals surface area (Å²) < 4.78 is 12.9. The topological polar surface area (TPSA) is 116 Å². The van der Waals surface area contributed by atoms with Gasteiger partial charge in [-0.15, -0.1) is 0 Å². The summed E-state index contributed by atoms with van der Waals surface area (Å²) in [6, 6.07) is 0.839. The normalized spacial score (nSPS) is 11.5. The number of urea groups is 1. The van der Waals surface area contributed by atoms with Crippen molar-refractivity contribution in [2.24, 2.45) is 0 Å². The first kappa shape index (κ1) is 15.7. The molecule has 1 aromatic carbocycles. The number of rotatable bonds is 5. The molecule has 0 saturated carbocycles. The number of amides is 2. The standard InChI is InChI=1S/C11H10ClFN2O5/c12-6-3-5(1-2-7(6)13)14-11(20)15-8(10(18)19)4-9(16)17/h1-3,8H,4H2,(H,16,17)(H,18,19)(H2,14,15,20)/t8-/m1/s1. The lowest BCUT2D eigenvalue weighted by atomic mass is 10.2. The monoisotopic (exact) mass is 304 g/mol. The summed E-state index contributed by atoms with van der Waals surface area (Å²) in [4.78, 5) is 32.7. The van der Waals surface area contributed by atoms with Gasteiger partial charge in [0.2, 0.25) is 0 Å². The van der Waals surface area contributed by atoms with Gasteiger partial charge in [0.1, 0.15) is 11.9 Å². The molecule has 0 aliphatic heterocycles. The van der Waals surface area contributed by atoms with Crippen molar-refractivity contribution >= 4 is 35.3 Å². The minimum atomic E-state index is -1.58. The Hall–Kier alpha value is -2.35. The number of carbonyl (C=O) groups is 3. The van der Waals surface area contributed by atoms with E-state index in [0.29, 0.717) is 0 Å². The number of anilines is 1. The van der Waals surface area contributed by atoms with E-state index in [4.69, 9.17) is 21.8 Å². The summed E-state index contributed by atoms with van der Waals surface area (Å²) in [5.41, 5.74) is 0.133. The van der Waals surface area contributed by atoms with Gasteiger partial charge in [-0.2, -0.15) is 0 Å². The Kier molecular flexibility index (Phi) is 5.27. The maximum Gasteiger partial charge on any atom is 0.326 e. The Bertz CT molecular complexity index is 552. The molecule has 0 heterocycles. The van der Waals surface area contributed by atoms with Gasteiger partial charge in [-0.05, 0) is 18.2 Å². The van der Waals surface area contributed by atoms with Crippen LogP contribution in [0.5, 0.6) is 0 Å². The van der Waals surface area contributed by atoms with Crippen molar-refractivity contribution in [3.63, 3.8) is 0 Å². The fourth-order valence-electron chi connectivity index (χ4n) is 1.27. The number of carboxylic acids is 2. The third kappa shape index (κ3) is 4.73. The zero-order chi connectivity index (χ0) is 15.3. The van der Waals surface area contributed by atoms with Gasteiger partial charge >= 0.3 is 18.0 Å². The average molecular weight is 305 g/mol. The number of hydrogen-bond acceptors (Lipinski definition) is 3. The highest BCUT2D eigenvalue weighted by molar-refractivity contribution is 6.31. The van der Waals surface area contributed by atoms with Gasteiger partial charge < -0.3 is 20.8 Å². The van der Waals surface area contributed by atoms with Crippen LogP contribution in [-0.2, 0) is 9.59 Å². The van der Waals surface area contributed by atoms with E-state index in [2.05, 4.69) is 5.32 Å². The van der Waals surface area contributed by atoms with Crippen molar-refractivity contribution in [2.75, 3.05) is 5.32 Å². The van der Waals surface area contributed by atoms with Crippen LogP contribution in [0.1, 0.15) is 6.42 Å². The molecule has 0 bridgehead atoms. The number of benzene rings is 1. The lowest BCUT2D eigenvalue weighted by Gasteiger charge is -2.13. The lowest BCUT2D eigenvalue weighted by molar-refractivity contribution is -0.145. The van der Waals surface area contributed by atoms with Crippen LogP contribution in [0.15, 0.2) is 18.2 Å². The fraction of sp³-hybridized carbons (Fsp3) is 0.182. The first-order valence-electron chi connectivity index (χ1n) is 5.26. The highest BCUT2D eigenvalue weighted by atomic mass is 35.5. The summed E-state index contributed by atoms with van der Waals surface area (Å²) in [5.74, 6) is -3.53. The van der Waals surface area contributed by atoms with Crippen molar-refractivity contribution in [3.05, 3.63) is 29.0 Å². The Morgan fingerprint density at radius 2 is 1.95 bits per heavy atom. The van der Waals surface area contributed by atoms with E-state index >= 15 is 0 Å². The quantitative estimate of drug-likeness (QED) is 0.658. The van der Waals surface area contributed by atoms with Crippen LogP contribution in [0.4, 0.5) is 14.9 Å². The molecule has 0 spiro atoms. The van der Waals surface area contributed by atoms with E-state index in [1.807, 2.05) is 5.32 Å². The van der Waals surface area contributed by atoms with Crippen LogP contribution in [0.3, 0.4) is 0 Å². The zero-order valence-electron chi connectivity index (χ0n) is 9.89.